The number of halogens is 2. The van der Waals surface area contributed by atoms with Gasteiger partial charge in [0.15, 0.2) is 0 Å². The van der Waals surface area contributed by atoms with E-state index in [1.165, 1.54) is 12.8 Å². The highest BCUT2D eigenvalue weighted by atomic mass is 79.9. The Morgan fingerprint density at radius 1 is 1.19 bits per heavy atom. The summed E-state index contributed by atoms with van der Waals surface area (Å²) in [5.74, 6) is 0.967. The van der Waals surface area contributed by atoms with Crippen molar-refractivity contribution >= 4 is 44.3 Å². The summed E-state index contributed by atoms with van der Waals surface area (Å²) in [5, 5.41) is 0.713. The number of nitrogens with zero attached hydrogens (tertiary/aromatic N) is 2. The molecule has 1 fully saturated rings. The van der Waals surface area contributed by atoms with Crippen LogP contribution in [0.2, 0.25) is 5.02 Å². The normalized spacial score (nSPS) is 14.8. The molecule has 2 aromatic carbocycles. The molecule has 0 amide bonds. The molecule has 0 aliphatic heterocycles. The van der Waals surface area contributed by atoms with Gasteiger partial charge in [-0.2, -0.15) is 0 Å². The molecule has 3 aromatic rings. The second-order valence-corrected chi connectivity index (χ2v) is 6.70. The Hall–Kier alpha value is -1.52. The van der Waals surface area contributed by atoms with Gasteiger partial charge in [0, 0.05) is 26.8 Å². The number of anilines is 1. The molecule has 1 heterocycles. The third-order valence-electron chi connectivity index (χ3n) is 3.82. The van der Waals surface area contributed by atoms with Gasteiger partial charge < -0.3 is 10.3 Å². The number of benzene rings is 2. The summed E-state index contributed by atoms with van der Waals surface area (Å²) < 4.78 is 3.22. The molecule has 3 nitrogen and oxygen atoms in total. The molecule has 1 saturated carbocycles. The van der Waals surface area contributed by atoms with Crippen LogP contribution >= 0.6 is 27.5 Å². The lowest BCUT2D eigenvalue weighted by atomic mass is 10.2. The zero-order chi connectivity index (χ0) is 14.6. The van der Waals surface area contributed by atoms with Crippen molar-refractivity contribution in [3.8, 4) is 11.4 Å². The van der Waals surface area contributed by atoms with Crippen molar-refractivity contribution in [2.45, 2.75) is 18.9 Å². The van der Waals surface area contributed by atoms with E-state index in [2.05, 4.69) is 26.6 Å². The van der Waals surface area contributed by atoms with Gasteiger partial charge in [-0.1, -0.05) is 11.6 Å². The van der Waals surface area contributed by atoms with Crippen molar-refractivity contribution in [3.05, 3.63) is 45.9 Å². The van der Waals surface area contributed by atoms with Crippen molar-refractivity contribution in [1.29, 1.82) is 0 Å². The second-order valence-electron chi connectivity index (χ2n) is 5.41. The van der Waals surface area contributed by atoms with Crippen LogP contribution in [-0.2, 0) is 0 Å². The second kappa shape index (κ2) is 4.75. The first kappa shape index (κ1) is 13.2. The van der Waals surface area contributed by atoms with Crippen LogP contribution in [0.15, 0.2) is 40.9 Å². The zero-order valence-corrected chi connectivity index (χ0v) is 13.5. The highest BCUT2D eigenvalue weighted by Crippen LogP contribution is 2.42. The predicted molar refractivity (Wildman–Crippen MR) is 90.6 cm³/mol. The SMILES string of the molecule is Nc1cc(-c2nc3cc(Cl)ccc3n2C2CC2)ccc1Br. The van der Waals surface area contributed by atoms with E-state index in [-0.39, 0.29) is 0 Å². The number of aromatic nitrogens is 2. The lowest BCUT2D eigenvalue weighted by Gasteiger charge is -2.09. The van der Waals surface area contributed by atoms with Gasteiger partial charge in [0.05, 0.1) is 11.0 Å². The molecule has 1 aliphatic rings. The Bertz CT molecular complexity index is 852. The summed E-state index contributed by atoms with van der Waals surface area (Å²) >= 11 is 9.53. The van der Waals surface area contributed by atoms with Gasteiger partial charge in [-0.3, -0.25) is 0 Å². The molecule has 0 saturated heterocycles. The van der Waals surface area contributed by atoms with E-state index >= 15 is 0 Å². The molecule has 0 unspecified atom stereocenters. The topological polar surface area (TPSA) is 43.8 Å². The molecule has 1 aliphatic carbocycles. The van der Waals surface area contributed by atoms with Crippen LogP contribution in [0, 0.1) is 0 Å². The number of rotatable bonds is 2. The summed E-state index contributed by atoms with van der Waals surface area (Å²) in [5.41, 5.74) is 9.85. The molecule has 0 bridgehead atoms. The first-order valence-corrected chi connectivity index (χ1v) is 8.03. The fourth-order valence-electron chi connectivity index (χ4n) is 2.66. The first-order valence-electron chi connectivity index (χ1n) is 6.86. The summed E-state index contributed by atoms with van der Waals surface area (Å²) in [4.78, 5) is 4.78. The zero-order valence-electron chi connectivity index (χ0n) is 11.2. The smallest absolute Gasteiger partial charge is 0.141 e. The van der Waals surface area contributed by atoms with Crippen molar-refractivity contribution in [3.63, 3.8) is 0 Å². The molecule has 1 aromatic heterocycles. The number of nitrogen functional groups attached to an aromatic ring is 1. The number of hydrogen-bond donors (Lipinski definition) is 1. The number of nitrogens with two attached hydrogens (primary N) is 1. The molecule has 2 N–H and O–H groups in total. The Morgan fingerprint density at radius 3 is 2.71 bits per heavy atom. The Balaban J connectivity index is 1.98. The van der Waals surface area contributed by atoms with Gasteiger partial charge in [-0.05, 0) is 65.2 Å². The first-order chi connectivity index (χ1) is 10.1. The molecule has 5 heteroatoms. The van der Waals surface area contributed by atoms with Crippen molar-refractivity contribution in [2.24, 2.45) is 0 Å². The minimum absolute atomic E-state index is 0.538. The van der Waals surface area contributed by atoms with Crippen molar-refractivity contribution in [1.82, 2.24) is 9.55 Å². The van der Waals surface area contributed by atoms with E-state index in [4.69, 9.17) is 22.3 Å². The maximum atomic E-state index is 6.09. The van der Waals surface area contributed by atoms with Gasteiger partial charge in [0.2, 0.25) is 0 Å². The minimum Gasteiger partial charge on any atom is -0.398 e. The van der Waals surface area contributed by atoms with Gasteiger partial charge in [0.1, 0.15) is 5.82 Å². The van der Waals surface area contributed by atoms with E-state index in [9.17, 15) is 0 Å². The Kier molecular flexibility index (Phi) is 2.98. The molecule has 21 heavy (non-hydrogen) atoms. The molecule has 4 rings (SSSR count). The van der Waals surface area contributed by atoms with Crippen LogP contribution in [0.4, 0.5) is 5.69 Å². The number of imidazole rings is 1. The number of hydrogen-bond acceptors (Lipinski definition) is 2. The maximum Gasteiger partial charge on any atom is 0.141 e. The standard InChI is InChI=1S/C16H13BrClN3/c17-12-5-1-9(7-13(12)19)16-20-14-8-10(18)2-6-15(14)21(16)11-3-4-11/h1-2,5-8,11H,3-4,19H2. The highest BCUT2D eigenvalue weighted by molar-refractivity contribution is 9.10. The predicted octanol–water partition coefficient (Wildman–Crippen LogP) is 5.04. The fraction of sp³-hybridized carbons (Fsp3) is 0.188. The largest absolute Gasteiger partial charge is 0.398 e. The van der Waals surface area contributed by atoms with E-state index in [1.807, 2.05) is 30.3 Å². The van der Waals surface area contributed by atoms with Crippen LogP contribution in [-0.4, -0.2) is 9.55 Å². The van der Waals surface area contributed by atoms with E-state index < -0.39 is 0 Å². The maximum absolute atomic E-state index is 6.09. The van der Waals surface area contributed by atoms with E-state index in [1.54, 1.807) is 0 Å². The molecule has 0 atom stereocenters. The molecule has 0 spiro atoms. The third kappa shape index (κ3) is 2.23. The monoisotopic (exact) mass is 361 g/mol. The van der Waals surface area contributed by atoms with Crippen LogP contribution in [0.5, 0.6) is 0 Å². The van der Waals surface area contributed by atoms with Gasteiger partial charge in [-0.15, -0.1) is 0 Å². The van der Waals surface area contributed by atoms with Crippen LogP contribution in [0.25, 0.3) is 22.4 Å². The average Bonchev–Trinajstić information content (AvgIpc) is 3.22. The summed E-state index contributed by atoms with van der Waals surface area (Å²) in [6.07, 6.45) is 2.40. The quantitative estimate of drug-likeness (QED) is 0.649. The highest BCUT2D eigenvalue weighted by Gasteiger charge is 2.28. The Morgan fingerprint density at radius 2 is 2.00 bits per heavy atom. The lowest BCUT2D eigenvalue weighted by Crippen LogP contribution is -1.98. The molecular weight excluding hydrogens is 350 g/mol. The fourth-order valence-corrected chi connectivity index (χ4v) is 3.07. The Labute approximate surface area is 135 Å². The molecule has 106 valence electrons. The lowest BCUT2D eigenvalue weighted by molar-refractivity contribution is 0.775. The minimum atomic E-state index is 0.538. The van der Waals surface area contributed by atoms with Crippen LogP contribution < -0.4 is 5.73 Å². The van der Waals surface area contributed by atoms with Crippen molar-refractivity contribution in [2.75, 3.05) is 5.73 Å². The average molecular weight is 363 g/mol. The number of fused-ring (bicyclic) bond motifs is 1. The third-order valence-corrected chi connectivity index (χ3v) is 4.78. The van der Waals surface area contributed by atoms with Crippen LogP contribution in [0.1, 0.15) is 18.9 Å². The molecular formula is C16H13BrClN3. The van der Waals surface area contributed by atoms with Crippen molar-refractivity contribution < 1.29 is 0 Å². The molecule has 0 radical (unpaired) electrons. The van der Waals surface area contributed by atoms with Gasteiger partial charge in [-0.25, -0.2) is 4.98 Å². The summed E-state index contributed by atoms with van der Waals surface area (Å²) in [7, 11) is 0. The summed E-state index contributed by atoms with van der Waals surface area (Å²) in [6, 6.07) is 12.4. The summed E-state index contributed by atoms with van der Waals surface area (Å²) in [6.45, 7) is 0. The van der Waals surface area contributed by atoms with E-state index in [0.29, 0.717) is 11.1 Å². The van der Waals surface area contributed by atoms with Gasteiger partial charge >= 0.3 is 0 Å². The van der Waals surface area contributed by atoms with E-state index in [0.717, 1.165) is 32.6 Å². The van der Waals surface area contributed by atoms with Gasteiger partial charge in [0.25, 0.3) is 0 Å². The van der Waals surface area contributed by atoms with Crippen LogP contribution in [0.3, 0.4) is 0 Å².